The van der Waals surface area contributed by atoms with Gasteiger partial charge in [-0.05, 0) is 30.3 Å². The summed E-state index contributed by atoms with van der Waals surface area (Å²) in [5, 5.41) is 10.1. The number of amides is 1. The fourth-order valence-corrected chi connectivity index (χ4v) is 4.34. The van der Waals surface area contributed by atoms with E-state index in [-0.39, 0.29) is 5.91 Å². The Bertz CT molecular complexity index is 1500. The van der Waals surface area contributed by atoms with Crippen molar-refractivity contribution >= 4 is 29.0 Å². The minimum absolute atomic E-state index is 0.117. The van der Waals surface area contributed by atoms with E-state index in [4.69, 9.17) is 4.98 Å². The van der Waals surface area contributed by atoms with E-state index >= 15 is 0 Å². The van der Waals surface area contributed by atoms with Crippen LogP contribution in [0.3, 0.4) is 0 Å². The number of fused-ring (bicyclic) bond motifs is 1. The number of hydrogen-bond donors (Lipinski definition) is 2. The number of carbonyl (C=O) groups is 1. The molecule has 0 unspecified atom stereocenters. The number of pyridine rings is 2. The highest BCUT2D eigenvalue weighted by atomic mass is 16.2. The van der Waals surface area contributed by atoms with E-state index in [1.165, 1.54) is 0 Å². The van der Waals surface area contributed by atoms with Crippen LogP contribution in [-0.2, 0) is 4.79 Å². The number of nitrogens with zero attached hydrogens (tertiary/aromatic N) is 8. The van der Waals surface area contributed by atoms with E-state index in [2.05, 4.69) is 35.4 Å². The molecular formula is C25H24N10O. The first-order valence-electron chi connectivity index (χ1n) is 11.7. The van der Waals surface area contributed by atoms with Crippen LogP contribution >= 0.6 is 0 Å². The molecule has 2 N–H and O–H groups in total. The van der Waals surface area contributed by atoms with Crippen molar-refractivity contribution in [3.05, 3.63) is 67.5 Å². The van der Waals surface area contributed by atoms with Gasteiger partial charge in [0.1, 0.15) is 11.5 Å². The normalized spacial score (nSPS) is 13.8. The average Bonchev–Trinajstić information content (AvgIpc) is 3.60. The van der Waals surface area contributed by atoms with E-state index in [1.54, 1.807) is 25.5 Å². The summed E-state index contributed by atoms with van der Waals surface area (Å²) in [6, 6.07) is 9.78. The maximum atomic E-state index is 11.6. The molecule has 0 aromatic carbocycles. The zero-order valence-corrected chi connectivity index (χ0v) is 19.7. The van der Waals surface area contributed by atoms with E-state index < -0.39 is 0 Å². The Balaban J connectivity index is 1.20. The standard InChI is InChI=1S/C25H24N10O/c1-17(36)33-8-10-34(11-9-33)23-5-3-20(14-27-23)31-25-26-7-6-21(32-25)22-15-28-24-4-2-18(16-35(22)24)19-12-29-30-13-19/h2-7,12-16H,8-11H2,1H3,(H,29,30)(H,26,31,32). The fourth-order valence-electron chi connectivity index (χ4n) is 4.34. The summed E-state index contributed by atoms with van der Waals surface area (Å²) in [5.74, 6) is 1.47. The molecule has 11 nitrogen and oxygen atoms in total. The predicted molar refractivity (Wildman–Crippen MR) is 136 cm³/mol. The molecule has 0 aliphatic carbocycles. The Hall–Kier alpha value is -4.80. The van der Waals surface area contributed by atoms with Crippen LogP contribution in [0.15, 0.2) is 67.5 Å². The van der Waals surface area contributed by atoms with Crippen LogP contribution < -0.4 is 10.2 Å². The van der Waals surface area contributed by atoms with Crippen molar-refractivity contribution < 1.29 is 4.79 Å². The van der Waals surface area contributed by atoms with E-state index in [0.717, 1.165) is 52.8 Å². The van der Waals surface area contributed by atoms with Gasteiger partial charge >= 0.3 is 0 Å². The Kier molecular flexibility index (Phi) is 5.49. The molecule has 180 valence electrons. The van der Waals surface area contributed by atoms with Gasteiger partial charge in [0.25, 0.3) is 0 Å². The number of imidazole rings is 1. The first-order chi connectivity index (χ1) is 17.6. The van der Waals surface area contributed by atoms with Gasteiger partial charge in [-0.3, -0.25) is 14.3 Å². The summed E-state index contributed by atoms with van der Waals surface area (Å²) in [7, 11) is 0. The van der Waals surface area contributed by atoms with Gasteiger partial charge in [0, 0.05) is 62.8 Å². The third-order valence-electron chi connectivity index (χ3n) is 6.31. The summed E-state index contributed by atoms with van der Waals surface area (Å²) in [6.07, 6.45) is 11.0. The largest absolute Gasteiger partial charge is 0.353 e. The lowest BCUT2D eigenvalue weighted by Gasteiger charge is -2.34. The molecule has 36 heavy (non-hydrogen) atoms. The van der Waals surface area contributed by atoms with Crippen LogP contribution in [0.4, 0.5) is 17.5 Å². The molecule has 0 atom stereocenters. The molecule has 0 saturated carbocycles. The Morgan fingerprint density at radius 1 is 0.944 bits per heavy atom. The highest BCUT2D eigenvalue weighted by Gasteiger charge is 2.19. The summed E-state index contributed by atoms with van der Waals surface area (Å²) in [5.41, 5.74) is 5.25. The summed E-state index contributed by atoms with van der Waals surface area (Å²) < 4.78 is 2.01. The van der Waals surface area contributed by atoms with Crippen molar-refractivity contribution in [2.45, 2.75) is 6.92 Å². The quantitative estimate of drug-likeness (QED) is 0.394. The molecule has 11 heteroatoms. The number of rotatable bonds is 5. The topological polar surface area (TPSA) is 120 Å². The van der Waals surface area contributed by atoms with E-state index in [9.17, 15) is 4.79 Å². The number of aromatic amines is 1. The SMILES string of the molecule is CC(=O)N1CCN(c2ccc(Nc3nccc(-c4cnc5ccc(-c6cn[nH]c6)cn45)n3)cn2)CC1. The smallest absolute Gasteiger partial charge is 0.227 e. The lowest BCUT2D eigenvalue weighted by atomic mass is 10.2. The van der Waals surface area contributed by atoms with Crippen molar-refractivity contribution in [2.75, 3.05) is 36.4 Å². The van der Waals surface area contributed by atoms with Crippen LogP contribution in [0.5, 0.6) is 0 Å². The summed E-state index contributed by atoms with van der Waals surface area (Å²) >= 11 is 0. The maximum absolute atomic E-state index is 11.6. The first-order valence-corrected chi connectivity index (χ1v) is 11.7. The van der Waals surface area contributed by atoms with Gasteiger partial charge in [0.05, 0.1) is 35.7 Å². The van der Waals surface area contributed by atoms with E-state index in [1.807, 2.05) is 58.2 Å². The van der Waals surface area contributed by atoms with Gasteiger partial charge in [-0.1, -0.05) is 0 Å². The van der Waals surface area contributed by atoms with Crippen LogP contribution in [0.2, 0.25) is 0 Å². The van der Waals surface area contributed by atoms with Crippen LogP contribution in [0.1, 0.15) is 6.92 Å². The van der Waals surface area contributed by atoms with Crippen molar-refractivity contribution in [3.8, 4) is 22.5 Å². The maximum Gasteiger partial charge on any atom is 0.227 e. The monoisotopic (exact) mass is 480 g/mol. The molecule has 1 aliphatic heterocycles. The third kappa shape index (κ3) is 4.22. The lowest BCUT2D eigenvalue weighted by molar-refractivity contribution is -0.129. The van der Waals surface area contributed by atoms with E-state index in [0.29, 0.717) is 19.0 Å². The molecule has 6 heterocycles. The number of H-pyrrole nitrogens is 1. The van der Waals surface area contributed by atoms with Crippen LogP contribution in [0, 0.1) is 0 Å². The molecule has 0 spiro atoms. The summed E-state index contributed by atoms with van der Waals surface area (Å²) in [4.78, 5) is 33.8. The zero-order valence-electron chi connectivity index (χ0n) is 19.7. The molecule has 0 bridgehead atoms. The molecule has 1 amide bonds. The minimum atomic E-state index is 0.117. The number of carbonyl (C=O) groups excluding carboxylic acids is 1. The second-order valence-electron chi connectivity index (χ2n) is 8.57. The Morgan fingerprint density at radius 2 is 1.83 bits per heavy atom. The van der Waals surface area contributed by atoms with Gasteiger partial charge in [-0.15, -0.1) is 0 Å². The summed E-state index contributed by atoms with van der Waals surface area (Å²) in [6.45, 7) is 4.58. The number of anilines is 3. The van der Waals surface area contributed by atoms with Gasteiger partial charge in [-0.25, -0.2) is 19.9 Å². The molecular weight excluding hydrogens is 456 g/mol. The molecule has 5 aromatic rings. The van der Waals surface area contributed by atoms with Gasteiger partial charge < -0.3 is 15.1 Å². The Morgan fingerprint density at radius 3 is 2.58 bits per heavy atom. The number of hydrogen-bond acceptors (Lipinski definition) is 8. The highest BCUT2D eigenvalue weighted by molar-refractivity contribution is 5.73. The van der Waals surface area contributed by atoms with Gasteiger partial charge in [-0.2, -0.15) is 5.10 Å². The molecule has 1 aliphatic rings. The van der Waals surface area contributed by atoms with Crippen molar-refractivity contribution in [2.24, 2.45) is 0 Å². The third-order valence-corrected chi connectivity index (χ3v) is 6.31. The van der Waals surface area contributed by atoms with Crippen molar-refractivity contribution in [1.82, 2.24) is 39.4 Å². The fraction of sp³-hybridized carbons (Fsp3) is 0.200. The lowest BCUT2D eigenvalue weighted by Crippen LogP contribution is -2.48. The second-order valence-corrected chi connectivity index (χ2v) is 8.57. The highest BCUT2D eigenvalue weighted by Crippen LogP contribution is 2.25. The predicted octanol–water partition coefficient (Wildman–Crippen LogP) is 2.99. The zero-order chi connectivity index (χ0) is 24.5. The molecule has 1 fully saturated rings. The molecule has 6 rings (SSSR count). The van der Waals surface area contributed by atoms with Gasteiger partial charge in [0.15, 0.2) is 0 Å². The van der Waals surface area contributed by atoms with Gasteiger partial charge in [0.2, 0.25) is 11.9 Å². The number of piperazine rings is 1. The molecule has 5 aromatic heterocycles. The van der Waals surface area contributed by atoms with Crippen LogP contribution in [-0.4, -0.2) is 71.5 Å². The second kappa shape index (κ2) is 9.10. The van der Waals surface area contributed by atoms with Crippen LogP contribution in [0.25, 0.3) is 28.2 Å². The number of aromatic nitrogens is 7. The van der Waals surface area contributed by atoms with Crippen molar-refractivity contribution in [1.29, 1.82) is 0 Å². The average molecular weight is 481 g/mol. The number of nitrogens with one attached hydrogen (secondary N) is 2. The minimum Gasteiger partial charge on any atom is -0.353 e. The molecule has 1 saturated heterocycles. The first kappa shape index (κ1) is 21.7. The van der Waals surface area contributed by atoms with Crippen molar-refractivity contribution in [3.63, 3.8) is 0 Å². The molecule has 0 radical (unpaired) electrons. The Labute approximate surface area is 206 Å².